The molecular formula is C34H35F4IN2O4S. The first-order valence-electron chi connectivity index (χ1n) is 14.9. The van der Waals surface area contributed by atoms with E-state index in [2.05, 4.69) is 29.5 Å². The number of hydrogen-bond acceptors (Lipinski definition) is 6. The van der Waals surface area contributed by atoms with Crippen molar-refractivity contribution in [3.8, 4) is 17.2 Å². The van der Waals surface area contributed by atoms with Crippen molar-refractivity contribution < 1.29 is 36.5 Å². The zero-order valence-electron chi connectivity index (χ0n) is 25.6. The minimum atomic E-state index is -0.733. The van der Waals surface area contributed by atoms with Gasteiger partial charge in [0.2, 0.25) is 0 Å². The van der Waals surface area contributed by atoms with E-state index < -0.39 is 28.7 Å². The Morgan fingerprint density at radius 1 is 0.891 bits per heavy atom. The number of thioether (sulfide) groups is 1. The van der Waals surface area contributed by atoms with E-state index in [1.807, 2.05) is 4.57 Å². The van der Waals surface area contributed by atoms with E-state index in [1.54, 1.807) is 24.3 Å². The monoisotopic (exact) mass is 770 g/mol. The molecule has 5 rings (SSSR count). The fourth-order valence-electron chi connectivity index (χ4n) is 5.65. The maximum Gasteiger partial charge on any atom is 0.173 e. The predicted octanol–water partition coefficient (Wildman–Crippen LogP) is 8.22. The van der Waals surface area contributed by atoms with Gasteiger partial charge >= 0.3 is 0 Å². The van der Waals surface area contributed by atoms with Crippen LogP contribution in [0, 0.1) is 23.3 Å². The second kappa shape index (κ2) is 15.9. The van der Waals surface area contributed by atoms with E-state index in [-0.39, 0.29) is 36.0 Å². The Balaban J connectivity index is 1.39. The van der Waals surface area contributed by atoms with Gasteiger partial charge in [0.05, 0.1) is 44.9 Å². The molecule has 1 heterocycles. The van der Waals surface area contributed by atoms with Gasteiger partial charge in [0.15, 0.2) is 16.7 Å². The summed E-state index contributed by atoms with van der Waals surface area (Å²) in [5, 5.41) is 0.512. The summed E-state index contributed by atoms with van der Waals surface area (Å²) in [5.41, 5.74) is 2.48. The number of benzene rings is 3. The average Bonchev–Trinajstić information content (AvgIpc) is 3.42. The number of alkyl halides is 1. The quantitative estimate of drug-likeness (QED) is 0.0400. The maximum absolute atomic E-state index is 15.2. The number of aromatic nitrogens is 2. The van der Waals surface area contributed by atoms with Gasteiger partial charge in [-0.2, -0.15) is 0 Å². The Kier molecular flexibility index (Phi) is 11.9. The topological polar surface area (TPSA) is 54.7 Å². The summed E-state index contributed by atoms with van der Waals surface area (Å²) in [6, 6.07) is 13.2. The molecule has 0 fully saturated rings. The minimum absolute atomic E-state index is 0.0452. The van der Waals surface area contributed by atoms with Crippen LogP contribution in [0.25, 0.3) is 5.69 Å². The summed E-state index contributed by atoms with van der Waals surface area (Å²) in [6.45, 7) is 4.00. The molecule has 3 aromatic carbocycles. The Labute approximate surface area is 283 Å². The number of aryl methyl sites for hydroxylation is 1. The summed E-state index contributed by atoms with van der Waals surface area (Å²) in [5.74, 6) is -2.16. The van der Waals surface area contributed by atoms with Crippen LogP contribution in [0.3, 0.4) is 0 Å². The number of hydrogen-bond donors (Lipinski definition) is 0. The van der Waals surface area contributed by atoms with Crippen LogP contribution in [0.1, 0.15) is 42.3 Å². The third-order valence-electron chi connectivity index (χ3n) is 7.95. The highest BCUT2D eigenvalue weighted by molar-refractivity contribution is 14.1. The van der Waals surface area contributed by atoms with Gasteiger partial charge in [-0.05, 0) is 68.1 Å². The molecule has 0 spiro atoms. The molecule has 1 aliphatic rings. The Morgan fingerprint density at radius 2 is 1.59 bits per heavy atom. The highest BCUT2D eigenvalue weighted by atomic mass is 127. The molecule has 0 radical (unpaired) electrons. The Bertz CT molecular complexity index is 1620. The van der Waals surface area contributed by atoms with Crippen LogP contribution in [0.4, 0.5) is 17.6 Å². The molecule has 1 unspecified atom stereocenters. The summed E-state index contributed by atoms with van der Waals surface area (Å²) in [7, 11) is 1.42. The van der Waals surface area contributed by atoms with E-state index in [9.17, 15) is 8.78 Å². The molecule has 1 aliphatic carbocycles. The fraction of sp³-hybridized carbons (Fsp3) is 0.382. The summed E-state index contributed by atoms with van der Waals surface area (Å²) < 4.78 is 83.2. The number of methoxy groups -OCH3 is 1. The van der Waals surface area contributed by atoms with Crippen LogP contribution >= 0.6 is 34.4 Å². The van der Waals surface area contributed by atoms with Crippen molar-refractivity contribution in [3.63, 3.8) is 0 Å². The molecule has 1 aromatic heterocycles. The molecule has 0 saturated heterocycles. The van der Waals surface area contributed by atoms with E-state index >= 15 is 8.78 Å². The smallest absolute Gasteiger partial charge is 0.173 e. The van der Waals surface area contributed by atoms with Crippen molar-refractivity contribution in [2.45, 2.75) is 42.5 Å². The van der Waals surface area contributed by atoms with E-state index in [1.165, 1.54) is 49.2 Å². The minimum Gasteiger partial charge on any atom is -0.494 e. The van der Waals surface area contributed by atoms with Crippen LogP contribution in [-0.2, 0) is 27.1 Å². The van der Waals surface area contributed by atoms with Gasteiger partial charge in [0.1, 0.15) is 29.8 Å². The van der Waals surface area contributed by atoms with Crippen LogP contribution in [0.15, 0.2) is 59.8 Å². The Hall–Kier alpha value is -2.81. The van der Waals surface area contributed by atoms with Crippen molar-refractivity contribution in [3.05, 3.63) is 100 Å². The van der Waals surface area contributed by atoms with Crippen molar-refractivity contribution in [2.75, 3.05) is 44.6 Å². The predicted molar refractivity (Wildman–Crippen MR) is 178 cm³/mol. The molecule has 246 valence electrons. The zero-order chi connectivity index (χ0) is 32.7. The molecule has 0 amide bonds. The largest absolute Gasteiger partial charge is 0.494 e. The number of halogens is 5. The lowest BCUT2D eigenvalue weighted by Crippen LogP contribution is -2.31. The van der Waals surface area contributed by atoms with Crippen molar-refractivity contribution in [1.82, 2.24) is 9.55 Å². The number of nitrogens with zero attached hydrogens (tertiary/aromatic N) is 2. The molecule has 0 aliphatic heterocycles. The molecule has 1 atom stereocenters. The molecule has 12 heteroatoms. The standard InChI is InChI=1S/C34H35F4IN2O4S/c1-34(22-5-10-27(36)31(18-22)42-2)11-3-4-30-32(34)41(24-8-6-23(35)7-9-24)33(40-30)46-21-26-28(37)19-25(20-29(26)38)45-17-16-44-15-14-43-13-12-39/h5-10,18-20H,3-4,11-17,21H2,1-2H3. The second-order valence-corrected chi connectivity index (χ2v) is 13.0. The highest BCUT2D eigenvalue weighted by Crippen LogP contribution is 2.46. The van der Waals surface area contributed by atoms with E-state index in [4.69, 9.17) is 23.9 Å². The lowest BCUT2D eigenvalue weighted by atomic mass is 9.71. The first-order valence-corrected chi connectivity index (χ1v) is 17.4. The summed E-state index contributed by atoms with van der Waals surface area (Å²) in [6.07, 6.45) is 2.26. The highest BCUT2D eigenvalue weighted by Gasteiger charge is 2.40. The SMILES string of the molecule is COc1cc(C2(C)CCCc3nc(SCc4c(F)cc(OCCOCCOCCI)cc4F)n(-c4ccc(F)cc4)c32)ccc1F. The average molecular weight is 771 g/mol. The maximum atomic E-state index is 15.2. The molecule has 4 aromatic rings. The Morgan fingerprint density at radius 3 is 2.28 bits per heavy atom. The summed E-state index contributed by atoms with van der Waals surface area (Å²) in [4.78, 5) is 4.94. The molecule has 0 saturated carbocycles. The van der Waals surface area contributed by atoms with Crippen molar-refractivity contribution >= 4 is 34.4 Å². The van der Waals surface area contributed by atoms with E-state index in [0.717, 1.165) is 34.2 Å². The number of rotatable bonds is 15. The number of fused-ring (bicyclic) bond motifs is 1. The fourth-order valence-corrected chi connectivity index (χ4v) is 7.01. The molecule has 6 nitrogen and oxygen atoms in total. The zero-order valence-corrected chi connectivity index (χ0v) is 28.6. The number of imidazole rings is 1. The van der Waals surface area contributed by atoms with Crippen molar-refractivity contribution in [2.24, 2.45) is 0 Å². The van der Waals surface area contributed by atoms with E-state index in [0.29, 0.717) is 37.1 Å². The van der Waals surface area contributed by atoms with Crippen LogP contribution < -0.4 is 9.47 Å². The van der Waals surface area contributed by atoms with Crippen LogP contribution in [0.5, 0.6) is 11.5 Å². The lowest BCUT2D eigenvalue weighted by molar-refractivity contribution is 0.0416. The first-order chi connectivity index (χ1) is 22.2. The van der Waals surface area contributed by atoms with Gasteiger partial charge < -0.3 is 18.9 Å². The number of ether oxygens (including phenoxy) is 4. The van der Waals surface area contributed by atoms with Crippen molar-refractivity contribution in [1.29, 1.82) is 0 Å². The van der Waals surface area contributed by atoms with Gasteiger partial charge in [-0.3, -0.25) is 4.57 Å². The third kappa shape index (κ3) is 7.83. The first kappa shape index (κ1) is 34.5. The van der Waals surface area contributed by atoms with Gasteiger partial charge in [0.25, 0.3) is 0 Å². The molecule has 0 bridgehead atoms. The second-order valence-electron chi connectivity index (χ2n) is 11.0. The molecular weight excluding hydrogens is 735 g/mol. The van der Waals surface area contributed by atoms with Gasteiger partial charge in [0, 0.05) is 39.0 Å². The third-order valence-corrected chi connectivity index (χ3v) is 9.36. The summed E-state index contributed by atoms with van der Waals surface area (Å²) >= 11 is 3.41. The molecule has 46 heavy (non-hydrogen) atoms. The van der Waals surface area contributed by atoms with Gasteiger partial charge in [-0.1, -0.05) is 40.4 Å². The molecule has 0 N–H and O–H groups in total. The normalized spacial score (nSPS) is 16.0. The van der Waals surface area contributed by atoms with Crippen LogP contribution in [0.2, 0.25) is 0 Å². The van der Waals surface area contributed by atoms with Gasteiger partial charge in [-0.15, -0.1) is 0 Å². The van der Waals surface area contributed by atoms with Crippen LogP contribution in [-0.4, -0.2) is 54.1 Å². The lowest BCUT2D eigenvalue weighted by Gasteiger charge is -2.36. The van der Waals surface area contributed by atoms with Gasteiger partial charge in [-0.25, -0.2) is 22.5 Å².